The van der Waals surface area contributed by atoms with Crippen LogP contribution in [-0.2, 0) is 0 Å². The highest BCUT2D eigenvalue weighted by Gasteiger charge is 2.63. The van der Waals surface area contributed by atoms with Crippen molar-refractivity contribution in [1.29, 1.82) is 0 Å². The van der Waals surface area contributed by atoms with Crippen molar-refractivity contribution in [3.05, 3.63) is 0 Å². The minimum atomic E-state index is -0.455. The molecule has 3 unspecified atom stereocenters. The summed E-state index contributed by atoms with van der Waals surface area (Å²) in [6.45, 7) is 7.01. The van der Waals surface area contributed by atoms with Crippen molar-refractivity contribution < 1.29 is 10.2 Å². The molecule has 0 saturated heterocycles. The van der Waals surface area contributed by atoms with Crippen LogP contribution in [0.25, 0.3) is 0 Å². The predicted octanol–water partition coefficient (Wildman–Crippen LogP) is 4.14. The fourth-order valence-electron chi connectivity index (χ4n) is 7.48. The zero-order chi connectivity index (χ0) is 15.8. The number of aliphatic hydroxyl groups is 2. The molecule has 4 aliphatic carbocycles. The number of hydrogen-bond acceptors (Lipinski definition) is 2. The maximum Gasteiger partial charge on any atom is 0.0675 e. The molecule has 4 fully saturated rings. The van der Waals surface area contributed by atoms with E-state index in [2.05, 4.69) is 20.8 Å². The Balaban J connectivity index is 1.64. The Morgan fingerprint density at radius 1 is 0.818 bits per heavy atom. The molecule has 0 aromatic heterocycles. The van der Waals surface area contributed by atoms with Crippen LogP contribution in [0.5, 0.6) is 0 Å². The van der Waals surface area contributed by atoms with Gasteiger partial charge in [0.25, 0.3) is 0 Å². The van der Waals surface area contributed by atoms with Crippen molar-refractivity contribution in [3.63, 3.8) is 0 Å². The Hall–Kier alpha value is -0.0800. The van der Waals surface area contributed by atoms with Crippen molar-refractivity contribution in [1.82, 2.24) is 0 Å². The summed E-state index contributed by atoms with van der Waals surface area (Å²) in [5, 5.41) is 21.0. The summed E-state index contributed by atoms with van der Waals surface area (Å²) in [5.41, 5.74) is 0.145. The zero-order valence-corrected chi connectivity index (χ0v) is 14.6. The summed E-state index contributed by atoms with van der Waals surface area (Å²) in [6, 6.07) is 0. The second-order valence-electron chi connectivity index (χ2n) is 9.85. The first-order chi connectivity index (χ1) is 10.3. The molecule has 0 bridgehead atoms. The summed E-state index contributed by atoms with van der Waals surface area (Å²) < 4.78 is 0. The van der Waals surface area contributed by atoms with Gasteiger partial charge in [-0.15, -0.1) is 0 Å². The van der Waals surface area contributed by atoms with Gasteiger partial charge in [-0.1, -0.05) is 13.8 Å². The van der Waals surface area contributed by atoms with Crippen LogP contribution in [0, 0.1) is 34.5 Å². The van der Waals surface area contributed by atoms with E-state index in [4.69, 9.17) is 0 Å². The highest BCUT2D eigenvalue weighted by molar-refractivity contribution is 5.12. The Morgan fingerprint density at radius 3 is 2.32 bits per heavy atom. The lowest BCUT2D eigenvalue weighted by Crippen LogP contribution is -2.56. The summed E-state index contributed by atoms with van der Waals surface area (Å²) in [5.74, 6) is 3.13. The minimum Gasteiger partial charge on any atom is -0.393 e. The molecule has 4 saturated carbocycles. The van der Waals surface area contributed by atoms with Gasteiger partial charge in [-0.2, -0.15) is 0 Å². The van der Waals surface area contributed by atoms with E-state index in [1.54, 1.807) is 0 Å². The van der Waals surface area contributed by atoms with E-state index in [0.717, 1.165) is 42.9 Å². The number of aliphatic hydroxyl groups excluding tert-OH is 1. The maximum atomic E-state index is 10.9. The molecular formula is C20H34O2. The van der Waals surface area contributed by atoms with Crippen molar-refractivity contribution in [2.45, 2.75) is 90.3 Å². The number of rotatable bonds is 0. The molecule has 0 aromatic carbocycles. The molecule has 2 nitrogen and oxygen atoms in total. The largest absolute Gasteiger partial charge is 0.393 e. The molecule has 2 N–H and O–H groups in total. The van der Waals surface area contributed by atoms with Crippen LogP contribution in [0.2, 0.25) is 0 Å². The molecule has 0 radical (unpaired) electrons. The highest BCUT2D eigenvalue weighted by atomic mass is 16.3. The van der Waals surface area contributed by atoms with Crippen LogP contribution < -0.4 is 0 Å². The summed E-state index contributed by atoms with van der Waals surface area (Å²) in [7, 11) is 0. The lowest BCUT2D eigenvalue weighted by molar-refractivity contribution is -0.153. The van der Waals surface area contributed by atoms with Gasteiger partial charge in [0, 0.05) is 0 Å². The minimum absolute atomic E-state index is 0.0457. The quantitative estimate of drug-likeness (QED) is 0.706. The third-order valence-corrected chi connectivity index (χ3v) is 9.20. The van der Waals surface area contributed by atoms with Crippen LogP contribution in [0.1, 0.15) is 78.6 Å². The second-order valence-corrected chi connectivity index (χ2v) is 9.85. The topological polar surface area (TPSA) is 40.5 Å². The number of hydrogen-bond donors (Lipinski definition) is 2. The molecule has 4 aliphatic rings. The van der Waals surface area contributed by atoms with Crippen LogP contribution >= 0.6 is 0 Å². The first kappa shape index (κ1) is 15.4. The van der Waals surface area contributed by atoms with E-state index in [0.29, 0.717) is 5.41 Å². The van der Waals surface area contributed by atoms with Gasteiger partial charge in [0.15, 0.2) is 0 Å². The second kappa shape index (κ2) is 4.72. The van der Waals surface area contributed by atoms with E-state index in [-0.39, 0.29) is 11.5 Å². The number of fused-ring (bicyclic) bond motifs is 5. The Kier molecular flexibility index (Phi) is 3.32. The van der Waals surface area contributed by atoms with Crippen molar-refractivity contribution in [3.8, 4) is 0 Å². The first-order valence-corrected chi connectivity index (χ1v) is 9.68. The van der Waals surface area contributed by atoms with Gasteiger partial charge in [0.05, 0.1) is 11.7 Å². The zero-order valence-electron chi connectivity index (χ0n) is 14.6. The average Bonchev–Trinajstić information content (AvgIpc) is 2.70. The van der Waals surface area contributed by atoms with Crippen molar-refractivity contribution >= 4 is 0 Å². The third-order valence-electron chi connectivity index (χ3n) is 9.20. The molecule has 22 heavy (non-hydrogen) atoms. The van der Waals surface area contributed by atoms with Gasteiger partial charge in [-0.05, 0) is 99.2 Å². The summed E-state index contributed by atoms with van der Waals surface area (Å²) >= 11 is 0. The Bertz CT molecular complexity index is 459. The molecule has 0 heterocycles. The Labute approximate surface area is 135 Å². The van der Waals surface area contributed by atoms with Crippen LogP contribution in [0.4, 0.5) is 0 Å². The van der Waals surface area contributed by atoms with Gasteiger partial charge in [-0.25, -0.2) is 0 Å². The van der Waals surface area contributed by atoms with E-state index in [1.165, 1.54) is 38.5 Å². The van der Waals surface area contributed by atoms with Gasteiger partial charge >= 0.3 is 0 Å². The Morgan fingerprint density at radius 2 is 1.55 bits per heavy atom. The molecule has 0 amide bonds. The maximum absolute atomic E-state index is 10.9. The highest BCUT2D eigenvalue weighted by Crippen LogP contribution is 2.68. The molecular weight excluding hydrogens is 272 g/mol. The van der Waals surface area contributed by atoms with Crippen LogP contribution in [0.3, 0.4) is 0 Å². The van der Waals surface area contributed by atoms with Gasteiger partial charge in [0.1, 0.15) is 0 Å². The molecule has 126 valence electrons. The van der Waals surface area contributed by atoms with Gasteiger partial charge in [-0.3, -0.25) is 0 Å². The van der Waals surface area contributed by atoms with Crippen molar-refractivity contribution in [2.75, 3.05) is 0 Å². The van der Waals surface area contributed by atoms with Crippen LogP contribution in [0.15, 0.2) is 0 Å². The normalized spacial score (nSPS) is 61.2. The molecule has 0 spiro atoms. The smallest absolute Gasteiger partial charge is 0.0675 e. The predicted molar refractivity (Wildman–Crippen MR) is 88.4 cm³/mol. The standard InChI is InChI=1S/C20H34O2/c1-18-9-6-14(21)12-13(18)4-5-15-16(18)7-10-19(2)17(15)8-11-20(19,3)22/h13-17,21-22H,4-12H2,1-3H3/t13-,14+,15?,16?,17?,18-,19-,20-/m0/s1. The summed E-state index contributed by atoms with van der Waals surface area (Å²) in [6.07, 6.45) is 10.6. The first-order valence-electron chi connectivity index (χ1n) is 9.68. The third kappa shape index (κ3) is 1.86. The molecule has 0 aliphatic heterocycles. The summed E-state index contributed by atoms with van der Waals surface area (Å²) in [4.78, 5) is 0. The van der Waals surface area contributed by atoms with Gasteiger partial charge in [0.2, 0.25) is 0 Å². The van der Waals surface area contributed by atoms with Gasteiger partial charge < -0.3 is 10.2 Å². The lowest BCUT2D eigenvalue weighted by atomic mass is 9.44. The molecule has 0 aromatic rings. The fraction of sp³-hybridized carbons (Fsp3) is 1.00. The molecule has 4 rings (SSSR count). The van der Waals surface area contributed by atoms with E-state index >= 15 is 0 Å². The SMILES string of the molecule is C[C@]1(O)CCC2C3CC[C@H]4C[C@H](O)CC[C@]4(C)C3CC[C@@]21C. The lowest BCUT2D eigenvalue weighted by Gasteiger charge is -2.61. The fourth-order valence-corrected chi connectivity index (χ4v) is 7.48. The van der Waals surface area contributed by atoms with E-state index in [1.807, 2.05) is 0 Å². The monoisotopic (exact) mass is 306 g/mol. The molecule has 8 atom stereocenters. The molecule has 2 heteroatoms. The van der Waals surface area contributed by atoms with Crippen LogP contribution in [-0.4, -0.2) is 21.9 Å². The van der Waals surface area contributed by atoms with Crippen molar-refractivity contribution in [2.24, 2.45) is 34.5 Å². The van der Waals surface area contributed by atoms with E-state index in [9.17, 15) is 10.2 Å². The van der Waals surface area contributed by atoms with E-state index < -0.39 is 5.60 Å². The average molecular weight is 306 g/mol.